The summed E-state index contributed by atoms with van der Waals surface area (Å²) in [5, 5.41) is 3.32. The Labute approximate surface area is 105 Å². The maximum absolute atomic E-state index is 5.53. The van der Waals surface area contributed by atoms with Crippen molar-refractivity contribution < 1.29 is 18.9 Å². The van der Waals surface area contributed by atoms with E-state index in [1.807, 2.05) is 0 Å². The SMILES string of the molecule is CCCC(NC(CCC)OCOC)OCOC. The van der Waals surface area contributed by atoms with Gasteiger partial charge < -0.3 is 18.9 Å². The van der Waals surface area contributed by atoms with E-state index in [-0.39, 0.29) is 12.5 Å². The third-order valence-electron chi connectivity index (χ3n) is 2.25. The minimum atomic E-state index is -0.0339. The maximum atomic E-state index is 5.53. The Balaban J connectivity index is 4.02. The van der Waals surface area contributed by atoms with Crippen molar-refractivity contribution in [1.82, 2.24) is 5.32 Å². The number of nitrogens with one attached hydrogen (secondary N) is 1. The van der Waals surface area contributed by atoms with Gasteiger partial charge in [-0.2, -0.15) is 0 Å². The molecule has 0 rings (SSSR count). The van der Waals surface area contributed by atoms with Crippen molar-refractivity contribution in [3.63, 3.8) is 0 Å². The van der Waals surface area contributed by atoms with Crippen LogP contribution < -0.4 is 5.32 Å². The van der Waals surface area contributed by atoms with E-state index in [0.29, 0.717) is 13.6 Å². The fraction of sp³-hybridized carbons (Fsp3) is 1.00. The number of hydrogen-bond donors (Lipinski definition) is 1. The van der Waals surface area contributed by atoms with Crippen LogP contribution in [0.4, 0.5) is 0 Å². The molecule has 0 saturated heterocycles. The molecule has 0 spiro atoms. The van der Waals surface area contributed by atoms with Gasteiger partial charge in [-0.1, -0.05) is 26.7 Å². The smallest absolute Gasteiger partial charge is 0.148 e. The van der Waals surface area contributed by atoms with Gasteiger partial charge in [-0.3, -0.25) is 5.32 Å². The number of methoxy groups -OCH3 is 2. The van der Waals surface area contributed by atoms with Gasteiger partial charge in [-0.25, -0.2) is 0 Å². The highest BCUT2D eigenvalue weighted by Gasteiger charge is 2.14. The molecule has 0 fully saturated rings. The highest BCUT2D eigenvalue weighted by Crippen LogP contribution is 2.05. The molecule has 0 heterocycles. The lowest BCUT2D eigenvalue weighted by Crippen LogP contribution is -2.42. The molecule has 2 unspecified atom stereocenters. The molecule has 1 N–H and O–H groups in total. The average molecular weight is 249 g/mol. The van der Waals surface area contributed by atoms with Gasteiger partial charge in [0, 0.05) is 14.2 Å². The molecule has 5 nitrogen and oxygen atoms in total. The molecule has 104 valence electrons. The first-order chi connectivity index (χ1) is 8.28. The lowest BCUT2D eigenvalue weighted by molar-refractivity contribution is -0.134. The summed E-state index contributed by atoms with van der Waals surface area (Å²) in [7, 11) is 3.24. The van der Waals surface area contributed by atoms with Gasteiger partial charge in [0.15, 0.2) is 0 Å². The molecule has 0 aliphatic carbocycles. The molecule has 0 aliphatic heterocycles. The van der Waals surface area contributed by atoms with E-state index in [9.17, 15) is 0 Å². The first-order valence-electron chi connectivity index (χ1n) is 6.25. The molecule has 2 atom stereocenters. The molecule has 0 amide bonds. The highest BCUT2D eigenvalue weighted by atomic mass is 16.7. The fourth-order valence-electron chi connectivity index (χ4n) is 1.46. The minimum absolute atomic E-state index is 0.0339. The van der Waals surface area contributed by atoms with Crippen LogP contribution in [-0.4, -0.2) is 40.3 Å². The van der Waals surface area contributed by atoms with Crippen LogP contribution in [0, 0.1) is 0 Å². The fourth-order valence-corrected chi connectivity index (χ4v) is 1.46. The predicted octanol–water partition coefficient (Wildman–Crippen LogP) is 2.07. The molecular formula is C12H27NO4. The van der Waals surface area contributed by atoms with Crippen LogP contribution in [-0.2, 0) is 18.9 Å². The van der Waals surface area contributed by atoms with Crippen LogP contribution in [0.25, 0.3) is 0 Å². The van der Waals surface area contributed by atoms with E-state index in [4.69, 9.17) is 18.9 Å². The van der Waals surface area contributed by atoms with Crippen molar-refractivity contribution in [2.45, 2.75) is 52.0 Å². The van der Waals surface area contributed by atoms with Crippen molar-refractivity contribution >= 4 is 0 Å². The van der Waals surface area contributed by atoms with E-state index in [1.165, 1.54) is 0 Å². The third kappa shape index (κ3) is 9.50. The Hall–Kier alpha value is -0.200. The van der Waals surface area contributed by atoms with E-state index >= 15 is 0 Å². The summed E-state index contributed by atoms with van der Waals surface area (Å²) in [6.45, 7) is 4.83. The Morgan fingerprint density at radius 1 is 0.824 bits per heavy atom. The zero-order valence-electron chi connectivity index (χ0n) is 11.5. The van der Waals surface area contributed by atoms with Gasteiger partial charge in [0.1, 0.15) is 26.0 Å². The van der Waals surface area contributed by atoms with E-state index in [0.717, 1.165) is 25.7 Å². The molecule has 0 aromatic heterocycles. The van der Waals surface area contributed by atoms with E-state index in [2.05, 4.69) is 19.2 Å². The van der Waals surface area contributed by atoms with Crippen molar-refractivity contribution in [3.05, 3.63) is 0 Å². The largest absolute Gasteiger partial charge is 0.359 e. The molecule has 0 radical (unpaired) electrons. The van der Waals surface area contributed by atoms with Gasteiger partial charge >= 0.3 is 0 Å². The standard InChI is InChI=1S/C12H27NO4/c1-5-7-11(16-9-14-3)13-12(8-6-2)17-10-15-4/h11-13H,5-10H2,1-4H3. The predicted molar refractivity (Wildman–Crippen MR) is 66.4 cm³/mol. The highest BCUT2D eigenvalue weighted by molar-refractivity contribution is 4.60. The zero-order valence-corrected chi connectivity index (χ0v) is 11.5. The van der Waals surface area contributed by atoms with Gasteiger partial charge in [0.25, 0.3) is 0 Å². The molecule has 0 saturated carbocycles. The molecule has 0 aromatic carbocycles. The maximum Gasteiger partial charge on any atom is 0.148 e. The van der Waals surface area contributed by atoms with Crippen molar-refractivity contribution in [2.24, 2.45) is 0 Å². The van der Waals surface area contributed by atoms with Crippen molar-refractivity contribution in [1.29, 1.82) is 0 Å². The van der Waals surface area contributed by atoms with Crippen LogP contribution in [0.2, 0.25) is 0 Å². The molecule has 0 aromatic rings. The van der Waals surface area contributed by atoms with E-state index in [1.54, 1.807) is 14.2 Å². The summed E-state index contributed by atoms with van der Waals surface area (Å²) in [4.78, 5) is 0. The monoisotopic (exact) mass is 249 g/mol. The Morgan fingerprint density at radius 2 is 1.24 bits per heavy atom. The molecule has 17 heavy (non-hydrogen) atoms. The van der Waals surface area contributed by atoms with Crippen LogP contribution in [0.1, 0.15) is 39.5 Å². The molecular weight excluding hydrogens is 222 g/mol. The van der Waals surface area contributed by atoms with E-state index < -0.39 is 0 Å². The minimum Gasteiger partial charge on any atom is -0.359 e. The quantitative estimate of drug-likeness (QED) is 0.537. The molecule has 0 aliphatic rings. The molecule has 0 bridgehead atoms. The topological polar surface area (TPSA) is 49.0 Å². The van der Waals surface area contributed by atoms with Crippen LogP contribution >= 0.6 is 0 Å². The first kappa shape index (κ1) is 16.8. The normalized spacial score (nSPS) is 14.8. The summed E-state index contributed by atoms with van der Waals surface area (Å²) in [6.07, 6.45) is 3.89. The second-order valence-corrected chi connectivity index (χ2v) is 3.87. The zero-order chi connectivity index (χ0) is 12.9. The number of rotatable bonds is 12. The third-order valence-corrected chi connectivity index (χ3v) is 2.25. The van der Waals surface area contributed by atoms with Crippen molar-refractivity contribution in [3.8, 4) is 0 Å². The Kier molecular flexibility index (Phi) is 12.1. The van der Waals surface area contributed by atoms with Gasteiger partial charge in [0.2, 0.25) is 0 Å². The number of ether oxygens (including phenoxy) is 4. The summed E-state index contributed by atoms with van der Waals surface area (Å²) < 4.78 is 20.9. The average Bonchev–Trinajstić information content (AvgIpc) is 2.33. The second-order valence-electron chi connectivity index (χ2n) is 3.87. The lowest BCUT2D eigenvalue weighted by Gasteiger charge is -2.25. The van der Waals surface area contributed by atoms with Gasteiger partial charge in [-0.15, -0.1) is 0 Å². The second kappa shape index (κ2) is 12.3. The first-order valence-corrected chi connectivity index (χ1v) is 6.25. The molecule has 5 heteroatoms. The summed E-state index contributed by atoms with van der Waals surface area (Å²) >= 11 is 0. The summed E-state index contributed by atoms with van der Waals surface area (Å²) in [6, 6.07) is 0. The van der Waals surface area contributed by atoms with Gasteiger partial charge in [-0.05, 0) is 12.8 Å². The van der Waals surface area contributed by atoms with Crippen molar-refractivity contribution in [2.75, 3.05) is 27.8 Å². The van der Waals surface area contributed by atoms with Gasteiger partial charge in [0.05, 0.1) is 0 Å². The number of hydrogen-bond acceptors (Lipinski definition) is 5. The summed E-state index contributed by atoms with van der Waals surface area (Å²) in [5.41, 5.74) is 0. The Bertz CT molecular complexity index is 141. The Morgan fingerprint density at radius 3 is 1.53 bits per heavy atom. The summed E-state index contributed by atoms with van der Waals surface area (Å²) in [5.74, 6) is 0. The van der Waals surface area contributed by atoms with Crippen LogP contribution in [0.3, 0.4) is 0 Å². The lowest BCUT2D eigenvalue weighted by atomic mass is 10.2. The van der Waals surface area contributed by atoms with Crippen LogP contribution in [0.15, 0.2) is 0 Å². The van der Waals surface area contributed by atoms with Crippen LogP contribution in [0.5, 0.6) is 0 Å².